The molecule has 0 unspecified atom stereocenters. The van der Waals surface area contributed by atoms with Crippen LogP contribution in [0.3, 0.4) is 0 Å². The summed E-state index contributed by atoms with van der Waals surface area (Å²) in [5.41, 5.74) is 0. The van der Waals surface area contributed by atoms with Gasteiger partial charge in [-0.3, -0.25) is 0 Å². The largest absolute Gasteiger partial charge is 0.412 e. The standard InChI is InChI=1S/4C12H25.CNS.H2O.O.2Sn/c4*1-3-5-7-9-11-12-10-8-6-4-2;2-1-3;;;;/h4*1,3-12H2,2H3;;1H2;;;/q;;;;-1;;;;+1. The Balaban J connectivity index is 0. The minimum atomic E-state index is -3.19. The Bertz CT molecular complexity index is 717. The Morgan fingerprint density at radius 1 is 0.364 bits per heavy atom. The van der Waals surface area contributed by atoms with E-state index in [1.54, 1.807) is 0 Å². The first-order chi connectivity index (χ1) is 26.7. The fourth-order valence-corrected chi connectivity index (χ4v) is 42.1. The molecule has 0 aromatic heterocycles. The van der Waals surface area contributed by atoms with E-state index in [4.69, 9.17) is 16.8 Å². The van der Waals surface area contributed by atoms with Crippen LogP contribution in [0.1, 0.15) is 285 Å². The topological polar surface area (TPSA) is 53.1 Å². The maximum absolute atomic E-state index is 7.72. The average Bonchev–Trinajstić information content (AvgIpc) is 3.17. The molecule has 3 nitrogen and oxygen atoms in total. The zero-order valence-electron chi connectivity index (χ0n) is 38.4. The van der Waals surface area contributed by atoms with Gasteiger partial charge in [-0.1, -0.05) is 0 Å². The van der Waals surface area contributed by atoms with Gasteiger partial charge in [-0.05, 0) is 0 Å². The molecule has 0 aromatic rings. The van der Waals surface area contributed by atoms with Crippen molar-refractivity contribution in [1.82, 2.24) is 0 Å². The van der Waals surface area contributed by atoms with Gasteiger partial charge in [0, 0.05) is 0 Å². The molecule has 0 fully saturated rings. The van der Waals surface area contributed by atoms with Crippen molar-refractivity contribution < 1.29 is 6.89 Å². The van der Waals surface area contributed by atoms with Crippen molar-refractivity contribution >= 4 is 56.6 Å². The number of nitrogens with zero attached hydrogens (tertiary/aromatic N) is 1. The summed E-state index contributed by atoms with van der Waals surface area (Å²) in [7, 11) is 0. The van der Waals surface area contributed by atoms with Crippen LogP contribution >= 0.6 is 12.2 Å². The van der Waals surface area contributed by atoms with E-state index in [1.807, 2.05) is 0 Å². The molecule has 0 bridgehead atoms. The number of hydrogen-bond donors (Lipinski definition) is 0. The molecule has 0 saturated heterocycles. The summed E-state index contributed by atoms with van der Waals surface area (Å²) in [5, 5.41) is 3.01. The summed E-state index contributed by atoms with van der Waals surface area (Å²) >= 11 is 0.244. The summed E-state index contributed by atoms with van der Waals surface area (Å²) in [6.07, 6.45) is 56.7. The van der Waals surface area contributed by atoms with Crippen LogP contribution in [0.2, 0.25) is 17.7 Å². The minimum absolute atomic E-state index is 0. The summed E-state index contributed by atoms with van der Waals surface area (Å²) in [6.45, 7) is 9.29. The minimum Gasteiger partial charge on any atom is -0.412 e. The molecule has 0 spiro atoms. The van der Waals surface area contributed by atoms with E-state index in [1.165, 1.54) is 275 Å². The van der Waals surface area contributed by atoms with Crippen molar-refractivity contribution in [3.05, 3.63) is 0 Å². The molecule has 0 aliphatic rings. The van der Waals surface area contributed by atoms with E-state index < -0.39 is 39.2 Å². The van der Waals surface area contributed by atoms with E-state index >= 15 is 0 Å². The molecule has 0 aliphatic heterocycles. The van der Waals surface area contributed by atoms with Gasteiger partial charge in [-0.25, -0.2) is 0 Å². The van der Waals surface area contributed by atoms with Crippen LogP contribution in [0.25, 0.3) is 0 Å². The van der Waals surface area contributed by atoms with Crippen LogP contribution in [-0.4, -0.2) is 49.9 Å². The normalized spacial score (nSPS) is 11.7. The third kappa shape index (κ3) is 43.2. The molecule has 6 heteroatoms. The van der Waals surface area contributed by atoms with Crippen molar-refractivity contribution in [3.8, 4) is 0 Å². The monoisotopic (exact) mass is 1010 g/mol. The van der Waals surface area contributed by atoms with Gasteiger partial charge >= 0.3 is 364 Å². The smallest absolute Gasteiger partial charge is 0.412 e. The van der Waals surface area contributed by atoms with Gasteiger partial charge in [-0.15, -0.1) is 0 Å². The SMILES string of the molecule is CCCCCCCCCCC[CH2][Sn]([CH2]CCCCCCCCCCC)[O][Sn]([CH2]CCCCCCCCCCC)([CH2]CCCCCCCCCCC)[N]=C=S.O. The summed E-state index contributed by atoms with van der Waals surface area (Å²) < 4.78 is 18.4. The fourth-order valence-electron chi connectivity index (χ4n) is 8.34. The van der Waals surface area contributed by atoms with Gasteiger partial charge in [0.05, 0.1) is 0 Å². The van der Waals surface area contributed by atoms with Gasteiger partial charge in [0.25, 0.3) is 0 Å². The molecule has 2 N–H and O–H groups in total. The quantitative estimate of drug-likeness (QED) is 0.0264. The molecule has 0 aliphatic carbocycles. The van der Waals surface area contributed by atoms with E-state index in [2.05, 4.69) is 32.9 Å². The number of isothiocyanates is 1. The molecule has 0 rings (SSSR count). The van der Waals surface area contributed by atoms with Gasteiger partial charge in [0.1, 0.15) is 0 Å². The van der Waals surface area contributed by atoms with Crippen LogP contribution in [0.15, 0.2) is 3.21 Å². The van der Waals surface area contributed by atoms with Crippen LogP contribution in [0.5, 0.6) is 0 Å². The summed E-state index contributed by atoms with van der Waals surface area (Å²) in [6, 6.07) is 0. The molecule has 0 atom stereocenters. The van der Waals surface area contributed by atoms with E-state index in [0.717, 1.165) is 0 Å². The molecule has 329 valence electrons. The summed E-state index contributed by atoms with van der Waals surface area (Å²) in [5.74, 6) is 0. The molecular formula is C49H102NO2SSn2. The third-order valence-electron chi connectivity index (χ3n) is 12.0. The van der Waals surface area contributed by atoms with Crippen LogP contribution in [0.4, 0.5) is 0 Å². The first-order valence-corrected chi connectivity index (χ1v) is 37.4. The Morgan fingerprint density at radius 2 is 0.582 bits per heavy atom. The molecule has 0 aromatic carbocycles. The van der Waals surface area contributed by atoms with Gasteiger partial charge in [0.15, 0.2) is 0 Å². The number of rotatable bonds is 47. The van der Waals surface area contributed by atoms with Crippen molar-refractivity contribution in [2.45, 2.75) is 302 Å². The predicted octanol–water partition coefficient (Wildman–Crippen LogP) is 18.4. The van der Waals surface area contributed by atoms with Gasteiger partial charge in [-0.2, -0.15) is 0 Å². The summed E-state index contributed by atoms with van der Waals surface area (Å²) in [4.78, 5) is 0. The first-order valence-electron chi connectivity index (χ1n) is 25.3. The molecule has 1 radical (unpaired) electrons. The Hall–Kier alpha value is 1.32. The number of hydrogen-bond acceptors (Lipinski definition) is 3. The van der Waals surface area contributed by atoms with Gasteiger partial charge < -0.3 is 5.48 Å². The number of unbranched alkanes of at least 4 members (excludes halogenated alkanes) is 36. The molecule has 0 amide bonds. The second-order valence-corrected chi connectivity index (χ2v) is 37.0. The number of thiocarbonyl (C=S) groups is 1. The predicted molar refractivity (Wildman–Crippen MR) is 258 cm³/mol. The molecule has 0 saturated carbocycles. The van der Waals surface area contributed by atoms with Crippen molar-refractivity contribution in [2.75, 3.05) is 0 Å². The van der Waals surface area contributed by atoms with E-state index in [-0.39, 0.29) is 5.48 Å². The van der Waals surface area contributed by atoms with E-state index in [9.17, 15) is 0 Å². The molecule has 0 heterocycles. The molecular weight excluding hydrogens is 904 g/mol. The Morgan fingerprint density at radius 3 is 0.818 bits per heavy atom. The van der Waals surface area contributed by atoms with Crippen LogP contribution < -0.4 is 0 Å². The Labute approximate surface area is 366 Å². The molecule has 55 heavy (non-hydrogen) atoms. The van der Waals surface area contributed by atoms with Crippen LogP contribution in [-0.2, 0) is 1.41 Å². The zero-order valence-corrected chi connectivity index (χ0v) is 44.9. The maximum Gasteiger partial charge on any atom is -0.412 e. The Kier molecular flexibility index (Phi) is 52.8. The van der Waals surface area contributed by atoms with Crippen molar-refractivity contribution in [2.24, 2.45) is 3.21 Å². The zero-order chi connectivity index (χ0) is 39.3. The first kappa shape index (κ1) is 58.4. The second-order valence-electron chi connectivity index (χ2n) is 17.5. The van der Waals surface area contributed by atoms with Gasteiger partial charge in [0.2, 0.25) is 0 Å². The van der Waals surface area contributed by atoms with Crippen molar-refractivity contribution in [1.29, 1.82) is 0 Å². The van der Waals surface area contributed by atoms with Crippen molar-refractivity contribution in [3.63, 3.8) is 0 Å². The maximum atomic E-state index is 7.72. The second kappa shape index (κ2) is 49.7. The van der Waals surface area contributed by atoms with Crippen LogP contribution in [0, 0.1) is 0 Å². The average molecular weight is 1010 g/mol. The van der Waals surface area contributed by atoms with E-state index in [0.29, 0.717) is 0 Å². The fraction of sp³-hybridized carbons (Fsp3) is 0.980. The third-order valence-corrected chi connectivity index (χ3v) is 40.5.